The van der Waals surface area contributed by atoms with Crippen molar-refractivity contribution in [3.05, 3.63) is 23.3 Å². The minimum atomic E-state index is -3.49. The lowest BCUT2D eigenvalue weighted by molar-refractivity contribution is 0.311. The van der Waals surface area contributed by atoms with E-state index < -0.39 is 10.0 Å². The summed E-state index contributed by atoms with van der Waals surface area (Å²) in [5.74, 6) is 0. The van der Waals surface area contributed by atoms with E-state index in [1.807, 2.05) is 20.9 Å². The quantitative estimate of drug-likeness (QED) is 0.820. The van der Waals surface area contributed by atoms with Gasteiger partial charge in [0.1, 0.15) is 0 Å². The Kier molecular flexibility index (Phi) is 4.36. The zero-order valence-electron chi connectivity index (χ0n) is 12.3. The maximum absolute atomic E-state index is 12.3. The summed E-state index contributed by atoms with van der Waals surface area (Å²) in [6, 6.07) is 3.49. The monoisotopic (exact) mass is 297 g/mol. The van der Waals surface area contributed by atoms with Gasteiger partial charge in [0.05, 0.1) is 4.90 Å². The molecule has 1 saturated heterocycles. The molecule has 1 fully saturated rings. The lowest BCUT2D eigenvalue weighted by atomic mass is 10.1. The number of hydrogen-bond acceptors (Lipinski definition) is 4. The third-order valence-corrected chi connectivity index (χ3v) is 5.57. The van der Waals surface area contributed by atoms with Crippen LogP contribution in [0.5, 0.6) is 0 Å². The number of nitrogens with two attached hydrogens (primary N) is 1. The van der Waals surface area contributed by atoms with Crippen LogP contribution in [0.25, 0.3) is 0 Å². The van der Waals surface area contributed by atoms with E-state index in [0.29, 0.717) is 12.2 Å². The van der Waals surface area contributed by atoms with E-state index in [-0.39, 0.29) is 10.9 Å². The summed E-state index contributed by atoms with van der Waals surface area (Å²) >= 11 is 0. The first kappa shape index (κ1) is 15.3. The summed E-state index contributed by atoms with van der Waals surface area (Å²) in [6.45, 7) is 5.24. The average Bonchev–Trinajstić information content (AvgIpc) is 2.78. The van der Waals surface area contributed by atoms with E-state index in [1.165, 1.54) is 6.07 Å². The molecule has 1 aliphatic rings. The SMILES string of the molecule is Cc1cc(S(=O)(=O)NCC2CCCN2C)cc(N)c1C. The number of nitrogen functional groups attached to an aromatic ring is 1. The molecule has 1 atom stereocenters. The molecule has 1 unspecified atom stereocenters. The van der Waals surface area contributed by atoms with Crippen LogP contribution in [0.4, 0.5) is 5.69 Å². The third kappa shape index (κ3) is 3.13. The minimum Gasteiger partial charge on any atom is -0.398 e. The van der Waals surface area contributed by atoms with Gasteiger partial charge in [-0.3, -0.25) is 0 Å². The summed E-state index contributed by atoms with van der Waals surface area (Å²) in [6.07, 6.45) is 2.16. The second-order valence-corrected chi connectivity index (χ2v) is 7.35. The van der Waals surface area contributed by atoms with Crippen molar-refractivity contribution in [2.75, 3.05) is 25.9 Å². The molecule has 0 spiro atoms. The molecule has 0 bridgehead atoms. The highest BCUT2D eigenvalue weighted by atomic mass is 32.2. The van der Waals surface area contributed by atoms with E-state index in [9.17, 15) is 8.42 Å². The predicted molar refractivity (Wildman–Crippen MR) is 81.2 cm³/mol. The molecule has 0 amide bonds. The van der Waals surface area contributed by atoms with E-state index in [4.69, 9.17) is 5.73 Å². The van der Waals surface area contributed by atoms with Crippen LogP contribution in [0.1, 0.15) is 24.0 Å². The first-order valence-corrected chi connectivity index (χ1v) is 8.36. The highest BCUT2D eigenvalue weighted by molar-refractivity contribution is 7.89. The largest absolute Gasteiger partial charge is 0.398 e. The maximum Gasteiger partial charge on any atom is 0.240 e. The second-order valence-electron chi connectivity index (χ2n) is 5.58. The van der Waals surface area contributed by atoms with Gasteiger partial charge < -0.3 is 10.6 Å². The number of aryl methyl sites for hydroxylation is 1. The molecule has 6 heteroatoms. The summed E-state index contributed by atoms with van der Waals surface area (Å²) in [5.41, 5.74) is 8.20. The minimum absolute atomic E-state index is 0.249. The van der Waals surface area contributed by atoms with Gasteiger partial charge in [0.15, 0.2) is 0 Å². The molecule has 1 heterocycles. The molecule has 1 aromatic rings. The van der Waals surface area contributed by atoms with E-state index >= 15 is 0 Å². The standard InChI is InChI=1S/C14H23N3O2S/c1-10-7-13(8-14(15)11(10)2)20(18,19)16-9-12-5-4-6-17(12)3/h7-8,12,16H,4-6,9,15H2,1-3H3. The number of likely N-dealkylation sites (N-methyl/N-ethyl adjacent to an activating group) is 1. The normalized spacial score (nSPS) is 20.4. The summed E-state index contributed by atoms with van der Waals surface area (Å²) in [7, 11) is -1.46. The van der Waals surface area contributed by atoms with Crippen LogP contribution in [0, 0.1) is 13.8 Å². The van der Waals surface area contributed by atoms with Gasteiger partial charge in [0, 0.05) is 18.3 Å². The summed E-state index contributed by atoms with van der Waals surface area (Å²) in [5, 5.41) is 0. The lowest BCUT2D eigenvalue weighted by Gasteiger charge is -2.20. The van der Waals surface area contributed by atoms with Crippen molar-refractivity contribution in [3.63, 3.8) is 0 Å². The van der Waals surface area contributed by atoms with Crippen LogP contribution < -0.4 is 10.5 Å². The molecular weight excluding hydrogens is 274 g/mol. The topological polar surface area (TPSA) is 75.4 Å². The van der Waals surface area contributed by atoms with Crippen LogP contribution in [-0.4, -0.2) is 39.5 Å². The number of likely N-dealkylation sites (tertiary alicyclic amines) is 1. The Morgan fingerprint density at radius 1 is 1.40 bits per heavy atom. The molecular formula is C14H23N3O2S. The Hall–Kier alpha value is -1.11. The zero-order chi connectivity index (χ0) is 14.9. The molecule has 0 radical (unpaired) electrons. The van der Waals surface area contributed by atoms with E-state index in [2.05, 4.69) is 9.62 Å². The Labute approximate surface area is 121 Å². The van der Waals surface area contributed by atoms with Crippen molar-refractivity contribution >= 4 is 15.7 Å². The summed E-state index contributed by atoms with van der Waals surface area (Å²) < 4.78 is 27.3. The molecule has 1 aromatic carbocycles. The van der Waals surface area contributed by atoms with Gasteiger partial charge in [0.25, 0.3) is 0 Å². The predicted octanol–water partition coefficient (Wildman–Crippen LogP) is 1.26. The fourth-order valence-electron chi connectivity index (χ4n) is 2.53. The van der Waals surface area contributed by atoms with Gasteiger partial charge in [-0.2, -0.15) is 0 Å². The van der Waals surface area contributed by atoms with Gasteiger partial charge in [-0.15, -0.1) is 0 Å². The Balaban J connectivity index is 2.14. The van der Waals surface area contributed by atoms with Crippen LogP contribution in [0.15, 0.2) is 17.0 Å². The zero-order valence-corrected chi connectivity index (χ0v) is 13.1. The maximum atomic E-state index is 12.3. The molecule has 20 heavy (non-hydrogen) atoms. The van der Waals surface area contributed by atoms with Crippen molar-refractivity contribution in [2.24, 2.45) is 0 Å². The number of anilines is 1. The Morgan fingerprint density at radius 2 is 2.10 bits per heavy atom. The van der Waals surface area contributed by atoms with Crippen LogP contribution in [-0.2, 0) is 10.0 Å². The first-order chi connectivity index (χ1) is 9.31. The number of benzene rings is 1. The molecule has 112 valence electrons. The number of sulfonamides is 1. The van der Waals surface area contributed by atoms with Crippen molar-refractivity contribution < 1.29 is 8.42 Å². The van der Waals surface area contributed by atoms with E-state index in [0.717, 1.165) is 30.5 Å². The van der Waals surface area contributed by atoms with E-state index in [1.54, 1.807) is 6.07 Å². The van der Waals surface area contributed by atoms with Crippen LogP contribution >= 0.6 is 0 Å². The number of hydrogen-bond donors (Lipinski definition) is 2. The molecule has 5 nitrogen and oxygen atoms in total. The summed E-state index contributed by atoms with van der Waals surface area (Å²) in [4.78, 5) is 2.44. The highest BCUT2D eigenvalue weighted by Crippen LogP contribution is 2.22. The Morgan fingerprint density at radius 3 is 2.65 bits per heavy atom. The smallest absolute Gasteiger partial charge is 0.240 e. The Bertz CT molecular complexity index is 575. The van der Waals surface area contributed by atoms with Crippen LogP contribution in [0.3, 0.4) is 0 Å². The fourth-order valence-corrected chi connectivity index (χ4v) is 3.73. The highest BCUT2D eigenvalue weighted by Gasteiger charge is 2.23. The fraction of sp³-hybridized carbons (Fsp3) is 0.571. The van der Waals surface area contributed by atoms with Gasteiger partial charge in [0.2, 0.25) is 10.0 Å². The van der Waals surface area contributed by atoms with Crippen molar-refractivity contribution in [3.8, 4) is 0 Å². The average molecular weight is 297 g/mol. The number of rotatable bonds is 4. The number of nitrogens with one attached hydrogen (secondary N) is 1. The second kappa shape index (κ2) is 5.71. The van der Waals surface area contributed by atoms with Crippen LogP contribution in [0.2, 0.25) is 0 Å². The van der Waals surface area contributed by atoms with Crippen molar-refractivity contribution in [2.45, 2.75) is 37.6 Å². The third-order valence-electron chi connectivity index (χ3n) is 4.17. The van der Waals surface area contributed by atoms with Gasteiger partial charge in [-0.05, 0) is 63.5 Å². The van der Waals surface area contributed by atoms with Gasteiger partial charge in [-0.1, -0.05) is 0 Å². The first-order valence-electron chi connectivity index (χ1n) is 6.88. The molecule has 0 aromatic heterocycles. The molecule has 2 rings (SSSR count). The van der Waals surface area contributed by atoms with Gasteiger partial charge >= 0.3 is 0 Å². The van der Waals surface area contributed by atoms with Crippen molar-refractivity contribution in [1.82, 2.24) is 9.62 Å². The molecule has 1 aliphatic heterocycles. The lowest BCUT2D eigenvalue weighted by Crippen LogP contribution is -2.38. The van der Waals surface area contributed by atoms with Crippen molar-refractivity contribution in [1.29, 1.82) is 0 Å². The van der Waals surface area contributed by atoms with Gasteiger partial charge in [-0.25, -0.2) is 13.1 Å². The number of nitrogens with zero attached hydrogens (tertiary/aromatic N) is 1. The molecule has 0 saturated carbocycles. The molecule has 3 N–H and O–H groups in total. The molecule has 0 aliphatic carbocycles.